The first-order valence-electron chi connectivity index (χ1n) is 7.92. The number of hydrogen-bond acceptors (Lipinski definition) is 1. The van der Waals surface area contributed by atoms with Crippen molar-refractivity contribution in [1.29, 1.82) is 0 Å². The number of aryl methyl sites for hydroxylation is 1. The predicted molar refractivity (Wildman–Crippen MR) is 102 cm³/mol. The molecule has 1 aliphatic heterocycles. The van der Waals surface area contributed by atoms with Crippen molar-refractivity contribution in [2.24, 2.45) is 4.99 Å². The number of amidine groups is 1. The Labute approximate surface area is 149 Å². The minimum atomic E-state index is 0. The summed E-state index contributed by atoms with van der Waals surface area (Å²) >= 11 is 6.03. The molecule has 1 N–H and O–H groups in total. The molecule has 0 spiro atoms. The van der Waals surface area contributed by atoms with Gasteiger partial charge in [-0.25, -0.2) is 0 Å². The Hall–Kier alpha value is -1.51. The van der Waals surface area contributed by atoms with Crippen LogP contribution >= 0.6 is 24.0 Å². The standard InChI is InChI=1S/C19H21ClN2.ClH/c1-2-13-21-19-17(14-7-10-16(20)11-8-14)12-9-15-5-3-4-6-18(15)22-19;/h3-8,10-11,17H,2,9,12-13H2,1H3,(H,21,22);1H. The number of anilines is 1. The van der Waals surface area contributed by atoms with Crippen molar-refractivity contribution in [2.75, 3.05) is 11.9 Å². The van der Waals surface area contributed by atoms with Crippen LogP contribution in [-0.4, -0.2) is 12.4 Å². The molecule has 2 aromatic carbocycles. The first-order valence-corrected chi connectivity index (χ1v) is 8.30. The number of aliphatic imine (C=N–C) groups is 1. The molecule has 3 rings (SSSR count). The van der Waals surface area contributed by atoms with Gasteiger partial charge in [0.1, 0.15) is 5.84 Å². The monoisotopic (exact) mass is 348 g/mol. The zero-order chi connectivity index (χ0) is 15.4. The average Bonchev–Trinajstić information content (AvgIpc) is 2.73. The van der Waals surface area contributed by atoms with Crippen molar-refractivity contribution in [1.82, 2.24) is 0 Å². The summed E-state index contributed by atoms with van der Waals surface area (Å²) in [6.07, 6.45) is 3.18. The van der Waals surface area contributed by atoms with E-state index in [1.165, 1.54) is 16.8 Å². The van der Waals surface area contributed by atoms with Crippen molar-refractivity contribution in [3.63, 3.8) is 0 Å². The molecule has 122 valence electrons. The van der Waals surface area contributed by atoms with Gasteiger partial charge in [-0.3, -0.25) is 4.99 Å². The van der Waals surface area contributed by atoms with Gasteiger partial charge in [-0.15, -0.1) is 12.4 Å². The van der Waals surface area contributed by atoms with Gasteiger partial charge in [0.25, 0.3) is 0 Å². The van der Waals surface area contributed by atoms with Crippen LogP contribution in [0.4, 0.5) is 5.69 Å². The molecule has 0 aromatic heterocycles. The molecule has 1 heterocycles. The van der Waals surface area contributed by atoms with E-state index in [1.807, 2.05) is 12.1 Å². The molecule has 1 unspecified atom stereocenters. The first kappa shape index (κ1) is 17.8. The summed E-state index contributed by atoms with van der Waals surface area (Å²) in [4.78, 5) is 4.81. The quantitative estimate of drug-likeness (QED) is 0.754. The van der Waals surface area contributed by atoms with Crippen LogP contribution in [0.15, 0.2) is 53.5 Å². The van der Waals surface area contributed by atoms with Crippen molar-refractivity contribution >= 4 is 35.5 Å². The van der Waals surface area contributed by atoms with E-state index in [9.17, 15) is 0 Å². The summed E-state index contributed by atoms with van der Waals surface area (Å²) in [6.45, 7) is 3.01. The van der Waals surface area contributed by atoms with Crippen LogP contribution in [0.2, 0.25) is 5.02 Å². The molecular formula is C19H22Cl2N2. The molecule has 0 bridgehead atoms. The second-order valence-corrected chi connectivity index (χ2v) is 6.13. The maximum atomic E-state index is 6.03. The largest absolute Gasteiger partial charge is 0.343 e. The van der Waals surface area contributed by atoms with E-state index in [4.69, 9.17) is 16.6 Å². The lowest BCUT2D eigenvalue weighted by atomic mass is 9.92. The third-order valence-electron chi connectivity index (χ3n) is 4.09. The Kier molecular flexibility index (Phi) is 6.49. The average molecular weight is 349 g/mol. The molecule has 4 heteroatoms. The number of hydrogen-bond donors (Lipinski definition) is 1. The molecule has 2 nitrogen and oxygen atoms in total. The van der Waals surface area contributed by atoms with Crippen LogP contribution in [0, 0.1) is 0 Å². The molecule has 0 saturated carbocycles. The Morgan fingerprint density at radius 2 is 1.87 bits per heavy atom. The minimum absolute atomic E-state index is 0. The summed E-state index contributed by atoms with van der Waals surface area (Å²) in [5.74, 6) is 1.38. The number of benzene rings is 2. The predicted octanol–water partition coefficient (Wildman–Crippen LogP) is 5.71. The van der Waals surface area contributed by atoms with E-state index in [2.05, 4.69) is 48.6 Å². The molecule has 0 radical (unpaired) electrons. The van der Waals surface area contributed by atoms with E-state index in [1.54, 1.807) is 0 Å². The zero-order valence-corrected chi connectivity index (χ0v) is 14.8. The van der Waals surface area contributed by atoms with Crippen molar-refractivity contribution in [3.8, 4) is 0 Å². The number of nitrogens with zero attached hydrogens (tertiary/aromatic N) is 1. The second-order valence-electron chi connectivity index (χ2n) is 5.69. The third kappa shape index (κ3) is 4.27. The normalized spacial score (nSPS) is 18.5. The Bertz CT molecular complexity index is 665. The van der Waals surface area contributed by atoms with E-state index in [0.717, 1.165) is 36.7 Å². The molecule has 2 aromatic rings. The maximum absolute atomic E-state index is 6.03. The van der Waals surface area contributed by atoms with Crippen molar-refractivity contribution < 1.29 is 0 Å². The molecule has 0 amide bonds. The van der Waals surface area contributed by atoms with Gasteiger partial charge in [-0.2, -0.15) is 0 Å². The van der Waals surface area contributed by atoms with Gasteiger partial charge in [0, 0.05) is 23.2 Å². The van der Waals surface area contributed by atoms with E-state index < -0.39 is 0 Å². The second kappa shape index (κ2) is 8.37. The fourth-order valence-electron chi connectivity index (χ4n) is 2.92. The van der Waals surface area contributed by atoms with Gasteiger partial charge in [-0.05, 0) is 48.6 Å². The maximum Gasteiger partial charge on any atom is 0.108 e. The molecule has 0 fully saturated rings. The zero-order valence-electron chi connectivity index (χ0n) is 13.3. The fraction of sp³-hybridized carbons (Fsp3) is 0.316. The number of para-hydroxylation sites is 1. The Balaban J connectivity index is 0.00000192. The highest BCUT2D eigenvalue weighted by Gasteiger charge is 2.23. The highest BCUT2D eigenvalue weighted by molar-refractivity contribution is 6.30. The molecule has 0 saturated heterocycles. The number of nitrogens with one attached hydrogen (secondary N) is 1. The van der Waals surface area contributed by atoms with E-state index >= 15 is 0 Å². The summed E-state index contributed by atoms with van der Waals surface area (Å²) in [5.41, 5.74) is 3.83. The van der Waals surface area contributed by atoms with Gasteiger partial charge in [0.15, 0.2) is 0 Å². The Morgan fingerprint density at radius 3 is 2.61 bits per heavy atom. The fourth-order valence-corrected chi connectivity index (χ4v) is 3.05. The lowest BCUT2D eigenvalue weighted by Crippen LogP contribution is -2.20. The lowest BCUT2D eigenvalue weighted by molar-refractivity contribution is 0.768. The van der Waals surface area contributed by atoms with Gasteiger partial charge >= 0.3 is 0 Å². The summed E-state index contributed by atoms with van der Waals surface area (Å²) in [6, 6.07) is 16.7. The summed E-state index contributed by atoms with van der Waals surface area (Å²) in [7, 11) is 0. The summed E-state index contributed by atoms with van der Waals surface area (Å²) < 4.78 is 0. The highest BCUT2D eigenvalue weighted by Crippen LogP contribution is 2.31. The van der Waals surface area contributed by atoms with Crippen LogP contribution in [0.3, 0.4) is 0 Å². The molecule has 23 heavy (non-hydrogen) atoms. The van der Waals surface area contributed by atoms with Crippen LogP contribution in [0.25, 0.3) is 0 Å². The van der Waals surface area contributed by atoms with Gasteiger partial charge < -0.3 is 5.32 Å². The molecule has 1 atom stereocenters. The topological polar surface area (TPSA) is 24.4 Å². The highest BCUT2D eigenvalue weighted by atomic mass is 35.5. The van der Waals surface area contributed by atoms with Gasteiger partial charge in [0.2, 0.25) is 0 Å². The Morgan fingerprint density at radius 1 is 1.13 bits per heavy atom. The van der Waals surface area contributed by atoms with Crippen LogP contribution in [0.1, 0.15) is 36.8 Å². The SMILES string of the molecule is CCCN=C1Nc2ccccc2CCC1c1ccc(Cl)cc1.Cl. The van der Waals surface area contributed by atoms with Crippen LogP contribution in [0.5, 0.6) is 0 Å². The van der Waals surface area contributed by atoms with Gasteiger partial charge in [-0.1, -0.05) is 48.9 Å². The lowest BCUT2D eigenvalue weighted by Gasteiger charge is -2.18. The molecular weight excluding hydrogens is 327 g/mol. The molecule has 1 aliphatic rings. The smallest absolute Gasteiger partial charge is 0.108 e. The number of rotatable bonds is 3. The minimum Gasteiger partial charge on any atom is -0.343 e. The van der Waals surface area contributed by atoms with Crippen molar-refractivity contribution in [3.05, 3.63) is 64.7 Å². The van der Waals surface area contributed by atoms with Crippen LogP contribution in [-0.2, 0) is 6.42 Å². The molecule has 0 aliphatic carbocycles. The summed E-state index contributed by atoms with van der Waals surface area (Å²) in [5, 5.41) is 4.35. The van der Waals surface area contributed by atoms with Gasteiger partial charge in [0.05, 0.1) is 0 Å². The van der Waals surface area contributed by atoms with Crippen molar-refractivity contribution in [2.45, 2.75) is 32.1 Å². The van der Waals surface area contributed by atoms with E-state index in [0.29, 0.717) is 5.92 Å². The third-order valence-corrected chi connectivity index (χ3v) is 4.34. The number of fused-ring (bicyclic) bond motifs is 1. The van der Waals surface area contributed by atoms with Crippen LogP contribution < -0.4 is 5.32 Å². The number of halogens is 2. The van der Waals surface area contributed by atoms with E-state index in [-0.39, 0.29) is 12.4 Å². The first-order chi connectivity index (χ1) is 10.8.